The summed E-state index contributed by atoms with van der Waals surface area (Å²) < 4.78 is 7.84. The second-order valence-corrected chi connectivity index (χ2v) is 6.43. The molecule has 0 fully saturated rings. The molecule has 0 unspecified atom stereocenters. The number of benzene rings is 1. The van der Waals surface area contributed by atoms with Crippen LogP contribution in [0.3, 0.4) is 0 Å². The molecule has 5 nitrogen and oxygen atoms in total. The molecule has 1 aromatic heterocycles. The third-order valence-electron chi connectivity index (χ3n) is 3.88. The van der Waals surface area contributed by atoms with Crippen LogP contribution in [0.2, 0.25) is 0 Å². The average Bonchev–Trinajstić information content (AvgIpc) is 2.81. The molecular weight excluding hydrogens is 384 g/mol. The number of esters is 1. The lowest BCUT2D eigenvalue weighted by Gasteiger charge is -2.09. The molecule has 132 valence electrons. The van der Waals surface area contributed by atoms with E-state index in [1.807, 2.05) is 19.1 Å². The Morgan fingerprint density at radius 3 is 2.48 bits per heavy atom. The van der Waals surface area contributed by atoms with Gasteiger partial charge in [-0.15, -0.1) is 6.58 Å². The van der Waals surface area contributed by atoms with E-state index < -0.39 is 5.97 Å². The van der Waals surface area contributed by atoms with Crippen molar-refractivity contribution >= 4 is 33.5 Å². The minimum Gasteiger partial charge on any atom is -0.461 e. The van der Waals surface area contributed by atoms with Gasteiger partial charge in [0, 0.05) is 22.4 Å². The van der Waals surface area contributed by atoms with Gasteiger partial charge >= 0.3 is 5.97 Å². The first-order valence-electron chi connectivity index (χ1n) is 7.95. The first kappa shape index (κ1) is 19.0. The van der Waals surface area contributed by atoms with Gasteiger partial charge in [0.15, 0.2) is 0 Å². The number of amides is 1. The SMILES string of the molecule is C=CCn1c(C)c(C(=O)Nc2ccc(Br)cc2)c(C)c1C(=O)OCC. The van der Waals surface area contributed by atoms with Gasteiger partial charge in [0.1, 0.15) is 5.69 Å². The highest BCUT2D eigenvalue weighted by atomic mass is 79.9. The maximum absolute atomic E-state index is 12.8. The summed E-state index contributed by atoms with van der Waals surface area (Å²) >= 11 is 3.36. The standard InChI is InChI=1S/C19H21BrN2O3/c1-5-11-22-13(4)16(12(3)17(22)19(24)25-6-2)18(23)21-15-9-7-14(20)8-10-15/h5,7-10H,1,6,11H2,2-4H3,(H,21,23). The summed E-state index contributed by atoms with van der Waals surface area (Å²) in [7, 11) is 0. The van der Waals surface area contributed by atoms with Crippen LogP contribution in [0.1, 0.15) is 39.0 Å². The summed E-state index contributed by atoms with van der Waals surface area (Å²) in [6.07, 6.45) is 1.69. The van der Waals surface area contributed by atoms with Gasteiger partial charge in [0.25, 0.3) is 5.91 Å². The van der Waals surface area contributed by atoms with E-state index in [-0.39, 0.29) is 12.5 Å². The van der Waals surface area contributed by atoms with Crippen molar-refractivity contribution in [2.24, 2.45) is 0 Å². The van der Waals surface area contributed by atoms with Crippen molar-refractivity contribution < 1.29 is 14.3 Å². The number of carbonyl (C=O) groups excluding carboxylic acids is 2. The molecule has 0 saturated carbocycles. The fraction of sp³-hybridized carbons (Fsp3) is 0.263. The fourth-order valence-electron chi connectivity index (χ4n) is 2.78. The van der Waals surface area contributed by atoms with Gasteiger partial charge in [-0.25, -0.2) is 4.79 Å². The summed E-state index contributed by atoms with van der Waals surface area (Å²) in [4.78, 5) is 25.1. The second-order valence-electron chi connectivity index (χ2n) is 5.51. The van der Waals surface area contributed by atoms with Crippen LogP contribution in [-0.4, -0.2) is 23.1 Å². The smallest absolute Gasteiger partial charge is 0.355 e. The maximum Gasteiger partial charge on any atom is 0.355 e. The third-order valence-corrected chi connectivity index (χ3v) is 4.41. The van der Waals surface area contributed by atoms with Crippen LogP contribution < -0.4 is 5.32 Å². The van der Waals surface area contributed by atoms with E-state index in [0.29, 0.717) is 34.7 Å². The minimum atomic E-state index is -0.437. The predicted octanol–water partition coefficient (Wildman–Crippen LogP) is 4.48. The van der Waals surface area contributed by atoms with Crippen molar-refractivity contribution in [3.05, 3.63) is 63.9 Å². The highest BCUT2D eigenvalue weighted by Gasteiger charge is 2.26. The molecule has 25 heavy (non-hydrogen) atoms. The highest BCUT2D eigenvalue weighted by Crippen LogP contribution is 2.25. The van der Waals surface area contributed by atoms with E-state index in [1.54, 1.807) is 36.6 Å². The van der Waals surface area contributed by atoms with Crippen LogP contribution in [0.25, 0.3) is 0 Å². The van der Waals surface area contributed by atoms with Crippen molar-refractivity contribution in [1.82, 2.24) is 4.57 Å². The van der Waals surface area contributed by atoms with Crippen LogP contribution in [0.5, 0.6) is 0 Å². The van der Waals surface area contributed by atoms with E-state index in [4.69, 9.17) is 4.74 Å². The summed E-state index contributed by atoms with van der Waals surface area (Å²) in [5.74, 6) is -0.696. The zero-order chi connectivity index (χ0) is 18.6. The highest BCUT2D eigenvalue weighted by molar-refractivity contribution is 9.10. The Labute approximate surface area is 155 Å². The first-order valence-corrected chi connectivity index (χ1v) is 8.74. The summed E-state index contributed by atoms with van der Waals surface area (Å²) in [6.45, 7) is 9.75. The number of aromatic nitrogens is 1. The zero-order valence-corrected chi connectivity index (χ0v) is 16.1. The quantitative estimate of drug-likeness (QED) is 0.570. The lowest BCUT2D eigenvalue weighted by molar-refractivity contribution is 0.0513. The van der Waals surface area contributed by atoms with Gasteiger partial charge < -0.3 is 14.6 Å². The van der Waals surface area contributed by atoms with E-state index in [1.165, 1.54) is 0 Å². The Balaban J connectivity index is 2.44. The minimum absolute atomic E-state index is 0.259. The molecule has 1 amide bonds. The normalized spacial score (nSPS) is 10.4. The number of carbonyl (C=O) groups is 2. The number of hydrogen-bond donors (Lipinski definition) is 1. The van der Waals surface area contributed by atoms with E-state index >= 15 is 0 Å². The molecule has 0 spiro atoms. The molecule has 0 aliphatic heterocycles. The van der Waals surface area contributed by atoms with Gasteiger partial charge in [0.05, 0.1) is 12.2 Å². The topological polar surface area (TPSA) is 60.3 Å². The van der Waals surface area contributed by atoms with Crippen LogP contribution in [0.4, 0.5) is 5.69 Å². The number of hydrogen-bond acceptors (Lipinski definition) is 3. The molecule has 0 aliphatic carbocycles. The summed E-state index contributed by atoms with van der Waals surface area (Å²) in [6, 6.07) is 7.31. The van der Waals surface area contributed by atoms with Gasteiger partial charge in [-0.05, 0) is 50.6 Å². The number of anilines is 1. The molecule has 0 bridgehead atoms. The monoisotopic (exact) mass is 404 g/mol. The van der Waals surface area contributed by atoms with Gasteiger partial charge in [-0.1, -0.05) is 22.0 Å². The molecule has 0 atom stereocenters. The molecule has 0 saturated heterocycles. The van der Waals surface area contributed by atoms with Crippen molar-refractivity contribution in [3.8, 4) is 0 Å². The molecule has 6 heteroatoms. The van der Waals surface area contributed by atoms with Crippen LogP contribution in [0, 0.1) is 13.8 Å². The molecule has 1 heterocycles. The second kappa shape index (κ2) is 8.16. The average molecular weight is 405 g/mol. The van der Waals surface area contributed by atoms with Crippen molar-refractivity contribution in [2.45, 2.75) is 27.3 Å². The van der Waals surface area contributed by atoms with Gasteiger partial charge in [-0.3, -0.25) is 4.79 Å². The Bertz CT molecular complexity index is 807. The van der Waals surface area contributed by atoms with Crippen LogP contribution >= 0.6 is 15.9 Å². The summed E-state index contributed by atoms with van der Waals surface area (Å²) in [5.41, 5.74) is 2.86. The number of halogens is 1. The van der Waals surface area contributed by atoms with E-state index in [2.05, 4.69) is 27.8 Å². The lowest BCUT2D eigenvalue weighted by Crippen LogP contribution is -2.14. The molecule has 0 aliphatic rings. The predicted molar refractivity (Wildman–Crippen MR) is 102 cm³/mol. The molecule has 1 aromatic carbocycles. The molecule has 0 radical (unpaired) electrons. The van der Waals surface area contributed by atoms with Gasteiger partial charge in [0.2, 0.25) is 0 Å². The van der Waals surface area contributed by atoms with E-state index in [0.717, 1.165) is 4.47 Å². The van der Waals surface area contributed by atoms with E-state index in [9.17, 15) is 9.59 Å². The Hall–Kier alpha value is -2.34. The number of nitrogens with one attached hydrogen (secondary N) is 1. The van der Waals surface area contributed by atoms with Crippen molar-refractivity contribution in [3.63, 3.8) is 0 Å². The molecule has 2 aromatic rings. The first-order chi connectivity index (χ1) is 11.9. The molecule has 1 N–H and O–H groups in total. The largest absolute Gasteiger partial charge is 0.461 e. The summed E-state index contributed by atoms with van der Waals surface area (Å²) in [5, 5.41) is 2.87. The number of nitrogens with zero attached hydrogens (tertiary/aromatic N) is 1. The van der Waals surface area contributed by atoms with Crippen LogP contribution in [-0.2, 0) is 11.3 Å². The maximum atomic E-state index is 12.8. The fourth-order valence-corrected chi connectivity index (χ4v) is 3.04. The van der Waals surface area contributed by atoms with Gasteiger partial charge in [-0.2, -0.15) is 0 Å². The van der Waals surface area contributed by atoms with Crippen LogP contribution in [0.15, 0.2) is 41.4 Å². The Kier molecular flexibility index (Phi) is 6.20. The Morgan fingerprint density at radius 1 is 1.28 bits per heavy atom. The third kappa shape index (κ3) is 4.02. The number of ether oxygens (including phenoxy) is 1. The lowest BCUT2D eigenvalue weighted by atomic mass is 10.1. The van der Waals surface area contributed by atoms with Crippen molar-refractivity contribution in [2.75, 3.05) is 11.9 Å². The number of allylic oxidation sites excluding steroid dienone is 1. The van der Waals surface area contributed by atoms with Crippen molar-refractivity contribution in [1.29, 1.82) is 0 Å². The Morgan fingerprint density at radius 2 is 1.92 bits per heavy atom. The number of rotatable bonds is 6. The zero-order valence-electron chi connectivity index (χ0n) is 14.6. The molecule has 2 rings (SSSR count). The molecular formula is C19H21BrN2O3.